The number of sulfonamides is 1. The third-order valence-corrected chi connectivity index (χ3v) is 6.45. The van der Waals surface area contributed by atoms with Crippen molar-refractivity contribution in [2.75, 3.05) is 16.6 Å². The Balaban J connectivity index is 2.08. The molecule has 1 aliphatic rings. The molecule has 0 saturated heterocycles. The van der Waals surface area contributed by atoms with E-state index >= 15 is 0 Å². The van der Waals surface area contributed by atoms with Crippen LogP contribution in [0.1, 0.15) is 12.0 Å². The van der Waals surface area contributed by atoms with E-state index < -0.39 is 10.0 Å². The molecule has 0 atom stereocenters. The van der Waals surface area contributed by atoms with Gasteiger partial charge < -0.3 is 5.73 Å². The highest BCUT2D eigenvalue weighted by Crippen LogP contribution is 2.33. The molecule has 3 rings (SSSR count). The van der Waals surface area contributed by atoms with Gasteiger partial charge >= 0.3 is 0 Å². The molecule has 0 spiro atoms. The zero-order valence-electron chi connectivity index (χ0n) is 10.2. The summed E-state index contributed by atoms with van der Waals surface area (Å²) in [6.45, 7) is 0.525. The lowest BCUT2D eigenvalue weighted by molar-refractivity contribution is 0.588. The second-order valence-corrected chi connectivity index (χ2v) is 7.51. The molecule has 2 aromatic rings. The molecular formula is C13H14N2O2S2. The minimum absolute atomic E-state index is 0.307. The fraction of sp³-hybridized carbons (Fsp3) is 0.231. The van der Waals surface area contributed by atoms with Crippen molar-refractivity contribution in [3.8, 4) is 0 Å². The van der Waals surface area contributed by atoms with E-state index in [1.54, 1.807) is 5.38 Å². The SMILES string of the molecule is Nc1csc(S(=O)(=O)N2CCCc3ccccc32)c1. The average molecular weight is 294 g/mol. The van der Waals surface area contributed by atoms with Gasteiger partial charge in [0.1, 0.15) is 4.21 Å². The highest BCUT2D eigenvalue weighted by atomic mass is 32.2. The van der Waals surface area contributed by atoms with Crippen LogP contribution < -0.4 is 10.0 Å². The number of anilines is 2. The summed E-state index contributed by atoms with van der Waals surface area (Å²) in [7, 11) is -3.48. The number of hydrogen-bond acceptors (Lipinski definition) is 4. The summed E-state index contributed by atoms with van der Waals surface area (Å²) in [6.07, 6.45) is 1.77. The number of fused-ring (bicyclic) bond motifs is 1. The van der Waals surface area contributed by atoms with Crippen molar-refractivity contribution in [2.45, 2.75) is 17.1 Å². The van der Waals surface area contributed by atoms with Crippen molar-refractivity contribution in [1.29, 1.82) is 0 Å². The quantitative estimate of drug-likeness (QED) is 0.925. The number of nitrogens with zero attached hydrogens (tertiary/aromatic N) is 1. The normalized spacial score (nSPS) is 15.3. The van der Waals surface area contributed by atoms with Gasteiger partial charge in [-0.25, -0.2) is 8.42 Å². The molecule has 4 nitrogen and oxygen atoms in total. The lowest BCUT2D eigenvalue weighted by atomic mass is 10.0. The number of thiophene rings is 1. The third kappa shape index (κ3) is 2.11. The maximum atomic E-state index is 12.6. The van der Waals surface area contributed by atoms with Crippen molar-refractivity contribution >= 4 is 32.7 Å². The van der Waals surface area contributed by atoms with Crippen LogP contribution in [-0.2, 0) is 16.4 Å². The van der Waals surface area contributed by atoms with E-state index in [9.17, 15) is 8.42 Å². The Morgan fingerprint density at radius 1 is 1.26 bits per heavy atom. The molecule has 1 aliphatic heterocycles. The molecular weight excluding hydrogens is 280 g/mol. The minimum Gasteiger partial charge on any atom is -0.398 e. The summed E-state index contributed by atoms with van der Waals surface area (Å²) in [5.41, 5.74) is 8.00. The topological polar surface area (TPSA) is 63.4 Å². The summed E-state index contributed by atoms with van der Waals surface area (Å²) >= 11 is 1.17. The van der Waals surface area contributed by atoms with Gasteiger partial charge in [0.05, 0.1) is 5.69 Å². The van der Waals surface area contributed by atoms with Crippen molar-refractivity contribution < 1.29 is 8.42 Å². The van der Waals surface area contributed by atoms with E-state index in [-0.39, 0.29) is 0 Å². The van der Waals surface area contributed by atoms with Crippen molar-refractivity contribution in [2.24, 2.45) is 0 Å². The summed E-state index contributed by atoms with van der Waals surface area (Å²) in [5.74, 6) is 0. The van der Waals surface area contributed by atoms with Gasteiger partial charge in [0.15, 0.2) is 0 Å². The molecule has 0 amide bonds. The number of benzene rings is 1. The Morgan fingerprint density at radius 3 is 2.79 bits per heavy atom. The Morgan fingerprint density at radius 2 is 2.05 bits per heavy atom. The number of rotatable bonds is 2. The Kier molecular flexibility index (Phi) is 2.99. The van der Waals surface area contributed by atoms with E-state index in [1.165, 1.54) is 21.7 Å². The molecule has 0 saturated carbocycles. The summed E-state index contributed by atoms with van der Waals surface area (Å²) < 4.78 is 27.1. The second-order valence-electron chi connectivity index (χ2n) is 4.51. The van der Waals surface area contributed by atoms with Gasteiger partial charge in [0, 0.05) is 17.6 Å². The number of aryl methyl sites for hydroxylation is 1. The number of nitrogen functional groups attached to an aromatic ring is 1. The Bertz CT molecular complexity index is 707. The van der Waals surface area contributed by atoms with Crippen molar-refractivity contribution in [3.05, 3.63) is 41.3 Å². The average Bonchev–Trinajstić information content (AvgIpc) is 2.85. The van der Waals surface area contributed by atoms with Crippen LogP contribution >= 0.6 is 11.3 Å². The first-order chi connectivity index (χ1) is 9.09. The predicted molar refractivity (Wildman–Crippen MR) is 78.0 cm³/mol. The molecule has 2 heterocycles. The first kappa shape index (κ1) is 12.5. The van der Waals surface area contributed by atoms with Crippen molar-refractivity contribution in [1.82, 2.24) is 0 Å². The number of nitrogens with two attached hydrogens (primary N) is 1. The monoisotopic (exact) mass is 294 g/mol. The molecule has 19 heavy (non-hydrogen) atoms. The predicted octanol–water partition coefficient (Wildman–Crippen LogP) is 2.47. The lowest BCUT2D eigenvalue weighted by Gasteiger charge is -2.29. The first-order valence-electron chi connectivity index (χ1n) is 6.04. The fourth-order valence-corrected chi connectivity index (χ4v) is 5.06. The summed E-state index contributed by atoms with van der Waals surface area (Å²) in [6, 6.07) is 9.19. The standard InChI is InChI=1S/C13H14N2O2S2/c14-11-8-13(18-9-11)19(16,17)15-7-3-5-10-4-1-2-6-12(10)15/h1-2,4,6,8-9H,3,5,7,14H2. The summed E-state index contributed by atoms with van der Waals surface area (Å²) in [5, 5.41) is 1.66. The van der Waals surface area contributed by atoms with Gasteiger partial charge in [-0.15, -0.1) is 11.3 Å². The number of para-hydroxylation sites is 1. The van der Waals surface area contributed by atoms with Gasteiger partial charge in [-0.2, -0.15) is 0 Å². The highest BCUT2D eigenvalue weighted by Gasteiger charge is 2.29. The lowest BCUT2D eigenvalue weighted by Crippen LogP contribution is -2.35. The Labute approximate surface area is 116 Å². The third-order valence-electron chi connectivity index (χ3n) is 3.21. The molecule has 1 aromatic carbocycles. The summed E-state index contributed by atoms with van der Waals surface area (Å²) in [4.78, 5) is 0. The van der Waals surface area contributed by atoms with E-state index in [2.05, 4.69) is 0 Å². The smallest absolute Gasteiger partial charge is 0.273 e. The van der Waals surface area contributed by atoms with Crippen LogP contribution in [0.4, 0.5) is 11.4 Å². The molecule has 0 unspecified atom stereocenters. The molecule has 1 aromatic heterocycles. The molecule has 100 valence electrons. The van der Waals surface area contributed by atoms with Gasteiger partial charge in [-0.1, -0.05) is 18.2 Å². The van der Waals surface area contributed by atoms with E-state index in [4.69, 9.17) is 5.73 Å². The zero-order valence-corrected chi connectivity index (χ0v) is 11.9. The first-order valence-corrected chi connectivity index (χ1v) is 8.36. The van der Waals surface area contributed by atoms with Crippen molar-refractivity contribution in [3.63, 3.8) is 0 Å². The van der Waals surface area contributed by atoms with E-state index in [0.29, 0.717) is 16.4 Å². The zero-order chi connectivity index (χ0) is 13.5. The van der Waals surface area contributed by atoms with Crippen LogP contribution in [0.25, 0.3) is 0 Å². The maximum Gasteiger partial charge on any atom is 0.273 e. The van der Waals surface area contributed by atoms with Crippen LogP contribution in [0.5, 0.6) is 0 Å². The molecule has 0 fully saturated rings. The maximum absolute atomic E-state index is 12.6. The van der Waals surface area contributed by atoms with E-state index in [0.717, 1.165) is 24.1 Å². The molecule has 2 N–H and O–H groups in total. The molecule has 0 radical (unpaired) electrons. The van der Waals surface area contributed by atoms with Gasteiger partial charge in [-0.05, 0) is 30.5 Å². The van der Waals surface area contributed by atoms with Crippen LogP contribution in [-0.4, -0.2) is 15.0 Å². The van der Waals surface area contributed by atoms with Crippen LogP contribution in [0.15, 0.2) is 39.9 Å². The van der Waals surface area contributed by atoms with Gasteiger partial charge in [-0.3, -0.25) is 4.31 Å². The Hall–Kier alpha value is -1.53. The van der Waals surface area contributed by atoms with Crippen LogP contribution in [0.3, 0.4) is 0 Å². The van der Waals surface area contributed by atoms with Crippen LogP contribution in [0.2, 0.25) is 0 Å². The largest absolute Gasteiger partial charge is 0.398 e. The van der Waals surface area contributed by atoms with Gasteiger partial charge in [0.25, 0.3) is 10.0 Å². The fourth-order valence-electron chi connectivity index (χ4n) is 2.32. The highest BCUT2D eigenvalue weighted by molar-refractivity contribution is 7.94. The second kappa shape index (κ2) is 4.54. The molecule has 0 aliphatic carbocycles. The number of hydrogen-bond donors (Lipinski definition) is 1. The molecule has 6 heteroatoms. The van der Waals surface area contributed by atoms with Gasteiger partial charge in [0.2, 0.25) is 0 Å². The molecule has 0 bridgehead atoms. The minimum atomic E-state index is -3.48. The van der Waals surface area contributed by atoms with E-state index in [1.807, 2.05) is 24.3 Å². The van der Waals surface area contributed by atoms with Crippen LogP contribution in [0, 0.1) is 0 Å².